The molecule has 0 aromatic heterocycles. The zero-order chi connectivity index (χ0) is 36.2. The Morgan fingerprint density at radius 3 is 1.56 bits per heavy atom. The number of nitrogens with one attached hydrogen (secondary N) is 3. The van der Waals surface area contributed by atoms with Gasteiger partial charge in [-0.15, -0.1) is 0 Å². The highest BCUT2D eigenvalue weighted by Gasteiger charge is 2.40. The maximum absolute atomic E-state index is 13.8. The zero-order valence-corrected chi connectivity index (χ0v) is 29.6. The van der Waals surface area contributed by atoms with Gasteiger partial charge in [-0.05, 0) is 114 Å². The van der Waals surface area contributed by atoms with E-state index in [9.17, 15) is 18.8 Å². The molecular weight excluding hydrogens is 639 g/mol. The lowest BCUT2D eigenvalue weighted by Crippen LogP contribution is -2.58. The molecule has 50 heavy (non-hydrogen) atoms. The van der Waals surface area contributed by atoms with Crippen LogP contribution < -0.4 is 15.5 Å². The van der Waals surface area contributed by atoms with Gasteiger partial charge in [-0.2, -0.15) is 0 Å². The maximum Gasteiger partial charge on any atom is 0.410 e. The van der Waals surface area contributed by atoms with Crippen molar-refractivity contribution in [3.8, 4) is 0 Å². The van der Waals surface area contributed by atoms with E-state index in [2.05, 4.69) is 15.5 Å². The Morgan fingerprint density at radius 1 is 0.720 bits per heavy atom. The first-order chi connectivity index (χ1) is 23.5. The molecule has 2 heterocycles. The Bertz CT molecular complexity index is 1580. The molecule has 2 aliphatic heterocycles. The summed E-state index contributed by atoms with van der Waals surface area (Å²) in [4.78, 5) is 43.6. The Morgan fingerprint density at radius 2 is 1.16 bits per heavy atom. The van der Waals surface area contributed by atoms with Gasteiger partial charge in [0.15, 0.2) is 0 Å². The average molecular weight is 687 g/mol. The Kier molecular flexibility index (Phi) is 10.7. The lowest BCUT2D eigenvalue weighted by atomic mass is 10.0. The van der Waals surface area contributed by atoms with Crippen LogP contribution in [0.3, 0.4) is 0 Å². The lowest BCUT2D eigenvalue weighted by Gasteiger charge is -2.41. The van der Waals surface area contributed by atoms with Crippen molar-refractivity contribution >= 4 is 41.0 Å². The van der Waals surface area contributed by atoms with Crippen LogP contribution in [-0.2, 0) is 32.2 Å². The zero-order valence-electron chi connectivity index (χ0n) is 29.6. The molecule has 5 rings (SSSR count). The van der Waals surface area contributed by atoms with Crippen molar-refractivity contribution < 1.29 is 28.2 Å². The summed E-state index contributed by atoms with van der Waals surface area (Å²) in [6.45, 7) is 13.1. The van der Waals surface area contributed by atoms with E-state index in [1.807, 2.05) is 69.3 Å². The molecule has 3 amide bonds. The van der Waals surface area contributed by atoms with Crippen LogP contribution in [0.2, 0.25) is 0 Å². The molecule has 0 bridgehead atoms. The molecule has 3 N–H and O–H groups in total. The normalized spacial score (nSPS) is 17.2. The minimum absolute atomic E-state index is 0.000163. The number of likely N-dealkylation sites (tertiary alicyclic amines) is 2. The predicted octanol–water partition coefficient (Wildman–Crippen LogP) is 6.74. The standard InChI is InChI=1S/C38H47FN6O5/c1-37(2,3)49-35(40)44-21-19-31(44)33(46)41-28-13-7-25(8-14-28)23-43(30-17-11-27(39)12-18-30)24-26-9-15-29(16-10-26)42-34(47)32-20-22-45(32)36(48)50-38(4,5)6/h7-18,31-32,40H,19-24H2,1-6H3,(H,41,46)(H,42,47). The van der Waals surface area contributed by atoms with Crippen molar-refractivity contribution in [2.24, 2.45) is 0 Å². The van der Waals surface area contributed by atoms with E-state index in [0.29, 0.717) is 50.4 Å². The monoisotopic (exact) mass is 686 g/mol. The van der Waals surface area contributed by atoms with Gasteiger partial charge < -0.3 is 29.9 Å². The molecule has 0 aliphatic carbocycles. The highest BCUT2D eigenvalue weighted by Crippen LogP contribution is 2.26. The summed E-state index contributed by atoms with van der Waals surface area (Å²) in [6, 6.07) is 20.4. The molecule has 12 heteroatoms. The van der Waals surface area contributed by atoms with Gasteiger partial charge in [0, 0.05) is 43.2 Å². The van der Waals surface area contributed by atoms with Crippen molar-refractivity contribution in [3.05, 3.63) is 89.7 Å². The topological polar surface area (TPSA) is 127 Å². The lowest BCUT2D eigenvalue weighted by molar-refractivity contribution is -0.125. The second-order valence-electron chi connectivity index (χ2n) is 14.7. The van der Waals surface area contributed by atoms with Crippen LogP contribution in [0.15, 0.2) is 72.8 Å². The highest BCUT2D eigenvalue weighted by molar-refractivity contribution is 5.98. The van der Waals surface area contributed by atoms with Gasteiger partial charge in [-0.25, -0.2) is 9.18 Å². The van der Waals surface area contributed by atoms with Crippen molar-refractivity contribution in [3.63, 3.8) is 0 Å². The van der Waals surface area contributed by atoms with Gasteiger partial charge >= 0.3 is 6.09 Å². The summed E-state index contributed by atoms with van der Waals surface area (Å²) in [7, 11) is 0. The summed E-state index contributed by atoms with van der Waals surface area (Å²) in [5, 5.41) is 14.1. The molecule has 3 aromatic rings. The fourth-order valence-corrected chi connectivity index (χ4v) is 5.62. The molecule has 2 atom stereocenters. The Hall–Kier alpha value is -5.13. The number of carbonyl (C=O) groups is 3. The van der Waals surface area contributed by atoms with Crippen molar-refractivity contribution in [2.45, 2.75) is 90.8 Å². The van der Waals surface area contributed by atoms with Crippen LogP contribution in [0.5, 0.6) is 0 Å². The maximum atomic E-state index is 13.8. The number of hydrogen-bond acceptors (Lipinski definition) is 7. The highest BCUT2D eigenvalue weighted by atomic mass is 19.1. The minimum atomic E-state index is -0.639. The summed E-state index contributed by atoms with van der Waals surface area (Å²) in [6.07, 6.45) is 0.720. The molecule has 11 nitrogen and oxygen atoms in total. The Labute approximate surface area is 293 Å². The molecule has 2 unspecified atom stereocenters. The fourth-order valence-electron chi connectivity index (χ4n) is 5.62. The summed E-state index contributed by atoms with van der Waals surface area (Å²) in [5.41, 5.74) is 2.90. The van der Waals surface area contributed by atoms with Crippen LogP contribution in [0.4, 0.5) is 26.2 Å². The van der Waals surface area contributed by atoms with E-state index >= 15 is 0 Å². The third-order valence-electron chi connectivity index (χ3n) is 8.32. The molecule has 266 valence electrons. The number of ether oxygens (including phenoxy) is 2. The molecule has 2 saturated heterocycles. The predicted molar refractivity (Wildman–Crippen MR) is 191 cm³/mol. The van der Waals surface area contributed by atoms with E-state index in [1.54, 1.807) is 37.8 Å². The number of amides is 3. The summed E-state index contributed by atoms with van der Waals surface area (Å²) >= 11 is 0. The molecular formula is C38H47FN6O5. The van der Waals surface area contributed by atoms with Crippen LogP contribution in [0.1, 0.15) is 65.5 Å². The van der Waals surface area contributed by atoms with Gasteiger partial charge in [0.1, 0.15) is 29.1 Å². The number of halogens is 1. The number of nitrogens with zero attached hydrogens (tertiary/aromatic N) is 3. The van der Waals surface area contributed by atoms with Gasteiger partial charge in [0.2, 0.25) is 11.8 Å². The quantitative estimate of drug-likeness (QED) is 0.168. The van der Waals surface area contributed by atoms with E-state index in [4.69, 9.17) is 14.9 Å². The first kappa shape index (κ1) is 36.2. The van der Waals surface area contributed by atoms with E-state index in [0.717, 1.165) is 16.8 Å². The van der Waals surface area contributed by atoms with Gasteiger partial charge in [0.05, 0.1) is 0 Å². The summed E-state index contributed by atoms with van der Waals surface area (Å²) in [5.74, 6) is -0.774. The SMILES string of the molecule is CC(C)(C)OC(=N)N1CCC1C(=O)Nc1ccc(CN(Cc2ccc(NC(=O)C3CCN3C(=O)OC(C)(C)C)cc2)c2ccc(F)cc2)cc1. The third-order valence-corrected chi connectivity index (χ3v) is 8.32. The van der Waals surface area contributed by atoms with Crippen molar-refractivity contribution in [2.75, 3.05) is 28.6 Å². The number of carbonyl (C=O) groups excluding carboxylic acids is 3. The second kappa shape index (κ2) is 14.8. The first-order valence-corrected chi connectivity index (χ1v) is 16.9. The van der Waals surface area contributed by atoms with Gasteiger partial charge in [-0.3, -0.25) is 19.9 Å². The molecule has 0 spiro atoms. The van der Waals surface area contributed by atoms with Crippen LogP contribution in [-0.4, -0.2) is 70.1 Å². The number of amidine groups is 1. The number of benzene rings is 3. The van der Waals surface area contributed by atoms with Crippen molar-refractivity contribution in [1.29, 1.82) is 5.41 Å². The molecule has 0 saturated carbocycles. The molecule has 2 aliphatic rings. The van der Waals surface area contributed by atoms with Crippen LogP contribution >= 0.6 is 0 Å². The van der Waals surface area contributed by atoms with Crippen molar-refractivity contribution in [1.82, 2.24) is 9.80 Å². The van der Waals surface area contributed by atoms with E-state index in [-0.39, 0.29) is 23.7 Å². The molecule has 0 radical (unpaired) electrons. The number of rotatable bonds is 9. The van der Waals surface area contributed by atoms with Gasteiger partial charge in [-0.1, -0.05) is 24.3 Å². The van der Waals surface area contributed by atoms with E-state index < -0.39 is 29.4 Å². The largest absolute Gasteiger partial charge is 0.460 e. The first-order valence-electron chi connectivity index (χ1n) is 16.9. The molecule has 2 fully saturated rings. The van der Waals surface area contributed by atoms with Crippen LogP contribution in [0, 0.1) is 11.2 Å². The van der Waals surface area contributed by atoms with Crippen LogP contribution in [0.25, 0.3) is 0 Å². The summed E-state index contributed by atoms with van der Waals surface area (Å²) < 4.78 is 24.9. The van der Waals surface area contributed by atoms with Gasteiger partial charge in [0.25, 0.3) is 6.02 Å². The number of hydrogen-bond donors (Lipinski definition) is 3. The second-order valence-corrected chi connectivity index (χ2v) is 14.7. The minimum Gasteiger partial charge on any atom is -0.460 e. The fraction of sp³-hybridized carbons (Fsp3) is 0.421. The average Bonchev–Trinajstić information content (AvgIpc) is 2.96. The Balaban J connectivity index is 1.19. The molecule has 3 aromatic carbocycles. The van der Waals surface area contributed by atoms with E-state index in [1.165, 1.54) is 17.0 Å². The smallest absolute Gasteiger partial charge is 0.410 e. The third kappa shape index (κ3) is 9.52. The number of anilines is 3.